The normalized spacial score (nSPS) is 16.5. The lowest BCUT2D eigenvalue weighted by atomic mass is 9.95. The number of nitrogens with two attached hydrogens (primary N) is 1. The van der Waals surface area contributed by atoms with Gasteiger partial charge in [0, 0.05) is 18.5 Å². The van der Waals surface area contributed by atoms with Crippen LogP contribution in [0.3, 0.4) is 0 Å². The van der Waals surface area contributed by atoms with Gasteiger partial charge in [0.05, 0.1) is 7.11 Å². The molecule has 1 atom stereocenters. The van der Waals surface area contributed by atoms with Gasteiger partial charge in [-0.25, -0.2) is 0 Å². The van der Waals surface area contributed by atoms with Crippen molar-refractivity contribution in [1.29, 1.82) is 0 Å². The van der Waals surface area contributed by atoms with Crippen LogP contribution >= 0.6 is 0 Å². The van der Waals surface area contributed by atoms with Crippen LogP contribution in [0.1, 0.15) is 16.7 Å². The van der Waals surface area contributed by atoms with Crippen molar-refractivity contribution in [3.8, 4) is 22.6 Å². The van der Waals surface area contributed by atoms with Crippen LogP contribution in [0.2, 0.25) is 0 Å². The molecule has 0 aromatic heterocycles. The lowest BCUT2D eigenvalue weighted by Crippen LogP contribution is -2.24. The lowest BCUT2D eigenvalue weighted by Gasteiger charge is -2.14. The van der Waals surface area contributed by atoms with E-state index in [4.69, 9.17) is 15.2 Å². The van der Waals surface area contributed by atoms with Crippen molar-refractivity contribution in [3.05, 3.63) is 47.0 Å². The van der Waals surface area contributed by atoms with Crippen molar-refractivity contribution in [2.75, 3.05) is 13.7 Å². The molecule has 0 radical (unpaired) electrons. The van der Waals surface area contributed by atoms with E-state index in [1.54, 1.807) is 7.11 Å². The zero-order valence-corrected chi connectivity index (χ0v) is 12.8. The standard InChI is InChI=1S/C18H21NO2/c1-11-6-13-9-15(10-19)21-18(13)17(7-11)16-5-4-14(20-3)8-12(16)2/h4-8,15H,9-10,19H2,1-3H3/t15-/m0/s1. The highest BCUT2D eigenvalue weighted by Gasteiger charge is 2.25. The Morgan fingerprint density at radius 1 is 1.19 bits per heavy atom. The molecule has 1 heterocycles. The minimum Gasteiger partial charge on any atom is -0.497 e. The third-order valence-electron chi connectivity index (χ3n) is 4.03. The number of aryl methyl sites for hydroxylation is 2. The van der Waals surface area contributed by atoms with Crippen molar-refractivity contribution >= 4 is 0 Å². The molecule has 21 heavy (non-hydrogen) atoms. The van der Waals surface area contributed by atoms with Crippen molar-refractivity contribution in [3.63, 3.8) is 0 Å². The highest BCUT2D eigenvalue weighted by molar-refractivity contribution is 5.77. The van der Waals surface area contributed by atoms with E-state index in [0.717, 1.165) is 23.5 Å². The van der Waals surface area contributed by atoms with E-state index in [2.05, 4.69) is 38.1 Å². The zero-order valence-electron chi connectivity index (χ0n) is 12.8. The summed E-state index contributed by atoms with van der Waals surface area (Å²) in [6.07, 6.45) is 0.995. The zero-order chi connectivity index (χ0) is 15.0. The summed E-state index contributed by atoms with van der Waals surface area (Å²) in [6, 6.07) is 10.5. The Labute approximate surface area is 125 Å². The van der Waals surface area contributed by atoms with Gasteiger partial charge in [-0.2, -0.15) is 0 Å². The summed E-state index contributed by atoms with van der Waals surface area (Å²) in [7, 11) is 1.69. The molecule has 3 rings (SSSR count). The van der Waals surface area contributed by atoms with Crippen LogP contribution in [0.25, 0.3) is 11.1 Å². The fourth-order valence-electron chi connectivity index (χ4n) is 2.99. The third kappa shape index (κ3) is 2.49. The van der Waals surface area contributed by atoms with E-state index in [-0.39, 0.29) is 6.10 Å². The van der Waals surface area contributed by atoms with Gasteiger partial charge < -0.3 is 15.2 Å². The Kier molecular flexibility index (Phi) is 3.60. The number of benzene rings is 2. The second-order valence-electron chi connectivity index (χ2n) is 5.66. The van der Waals surface area contributed by atoms with Gasteiger partial charge in [-0.05, 0) is 54.3 Å². The molecule has 110 valence electrons. The summed E-state index contributed by atoms with van der Waals surface area (Å²) >= 11 is 0. The molecule has 2 aromatic rings. The largest absolute Gasteiger partial charge is 0.497 e. The van der Waals surface area contributed by atoms with Gasteiger partial charge in [-0.1, -0.05) is 12.1 Å². The van der Waals surface area contributed by atoms with Crippen LogP contribution in [0.4, 0.5) is 0 Å². The number of methoxy groups -OCH3 is 1. The van der Waals surface area contributed by atoms with E-state index in [1.165, 1.54) is 22.3 Å². The number of rotatable bonds is 3. The average molecular weight is 283 g/mol. The second kappa shape index (κ2) is 5.41. The van der Waals surface area contributed by atoms with Crippen LogP contribution in [-0.2, 0) is 6.42 Å². The van der Waals surface area contributed by atoms with Gasteiger partial charge in [0.2, 0.25) is 0 Å². The topological polar surface area (TPSA) is 44.5 Å². The van der Waals surface area contributed by atoms with Crippen LogP contribution < -0.4 is 15.2 Å². The highest BCUT2D eigenvalue weighted by Crippen LogP contribution is 2.41. The van der Waals surface area contributed by atoms with Crippen LogP contribution in [0, 0.1) is 13.8 Å². The molecular weight excluding hydrogens is 262 g/mol. The molecule has 1 aliphatic heterocycles. The fraction of sp³-hybridized carbons (Fsp3) is 0.333. The van der Waals surface area contributed by atoms with Gasteiger partial charge in [0.1, 0.15) is 17.6 Å². The summed E-state index contributed by atoms with van der Waals surface area (Å²) in [5.41, 5.74) is 11.8. The summed E-state index contributed by atoms with van der Waals surface area (Å²) in [5, 5.41) is 0. The maximum Gasteiger partial charge on any atom is 0.130 e. The maximum absolute atomic E-state index is 6.05. The van der Waals surface area contributed by atoms with E-state index >= 15 is 0 Å². The third-order valence-corrected chi connectivity index (χ3v) is 4.03. The monoisotopic (exact) mass is 283 g/mol. The Bertz CT molecular complexity index is 679. The van der Waals surface area contributed by atoms with E-state index in [0.29, 0.717) is 6.54 Å². The highest BCUT2D eigenvalue weighted by atomic mass is 16.5. The Hall–Kier alpha value is -2.00. The molecule has 3 heteroatoms. The van der Waals surface area contributed by atoms with Crippen LogP contribution in [-0.4, -0.2) is 19.8 Å². The Balaban J connectivity index is 2.12. The summed E-state index contributed by atoms with van der Waals surface area (Å²) < 4.78 is 11.3. The van der Waals surface area contributed by atoms with Crippen LogP contribution in [0.15, 0.2) is 30.3 Å². The van der Waals surface area contributed by atoms with Crippen molar-refractivity contribution in [2.24, 2.45) is 5.73 Å². The molecule has 0 aliphatic carbocycles. The van der Waals surface area contributed by atoms with E-state index < -0.39 is 0 Å². The molecule has 0 fully saturated rings. The summed E-state index contributed by atoms with van der Waals surface area (Å²) in [5.74, 6) is 1.87. The molecule has 0 amide bonds. The Morgan fingerprint density at radius 3 is 2.67 bits per heavy atom. The molecule has 0 bridgehead atoms. The predicted molar refractivity (Wildman–Crippen MR) is 85.1 cm³/mol. The van der Waals surface area contributed by atoms with Gasteiger partial charge >= 0.3 is 0 Å². The summed E-state index contributed by atoms with van der Waals surface area (Å²) in [4.78, 5) is 0. The predicted octanol–water partition coefficient (Wildman–Crippen LogP) is 3.24. The molecule has 2 N–H and O–H groups in total. The molecule has 0 spiro atoms. The van der Waals surface area contributed by atoms with Gasteiger partial charge in [-0.15, -0.1) is 0 Å². The number of hydrogen-bond acceptors (Lipinski definition) is 3. The Morgan fingerprint density at radius 2 is 2.00 bits per heavy atom. The van der Waals surface area contributed by atoms with Crippen LogP contribution in [0.5, 0.6) is 11.5 Å². The minimum absolute atomic E-state index is 0.0964. The van der Waals surface area contributed by atoms with Crippen molar-refractivity contribution in [2.45, 2.75) is 26.4 Å². The van der Waals surface area contributed by atoms with Gasteiger partial charge in [-0.3, -0.25) is 0 Å². The van der Waals surface area contributed by atoms with Crippen molar-refractivity contribution < 1.29 is 9.47 Å². The van der Waals surface area contributed by atoms with E-state index in [9.17, 15) is 0 Å². The molecule has 0 saturated carbocycles. The maximum atomic E-state index is 6.05. The second-order valence-corrected chi connectivity index (χ2v) is 5.66. The summed E-state index contributed by atoms with van der Waals surface area (Å²) in [6.45, 7) is 4.77. The molecule has 2 aromatic carbocycles. The number of ether oxygens (including phenoxy) is 2. The molecule has 0 saturated heterocycles. The molecule has 1 aliphatic rings. The molecular formula is C18H21NO2. The lowest BCUT2D eigenvalue weighted by molar-refractivity contribution is 0.242. The molecule has 3 nitrogen and oxygen atoms in total. The molecule has 0 unspecified atom stereocenters. The minimum atomic E-state index is 0.0964. The first-order valence-electron chi connectivity index (χ1n) is 7.27. The first kappa shape index (κ1) is 14.0. The number of fused-ring (bicyclic) bond motifs is 1. The average Bonchev–Trinajstić information content (AvgIpc) is 2.89. The van der Waals surface area contributed by atoms with E-state index in [1.807, 2.05) is 6.07 Å². The SMILES string of the molecule is COc1ccc(-c2cc(C)cc3c2O[C@H](CN)C3)c(C)c1. The van der Waals surface area contributed by atoms with Gasteiger partial charge in [0.25, 0.3) is 0 Å². The number of hydrogen-bond donors (Lipinski definition) is 1. The van der Waals surface area contributed by atoms with Gasteiger partial charge in [0.15, 0.2) is 0 Å². The first-order valence-corrected chi connectivity index (χ1v) is 7.27. The fourth-order valence-corrected chi connectivity index (χ4v) is 2.99. The quantitative estimate of drug-likeness (QED) is 0.940. The van der Waals surface area contributed by atoms with Crippen molar-refractivity contribution in [1.82, 2.24) is 0 Å². The smallest absolute Gasteiger partial charge is 0.130 e. The first-order chi connectivity index (χ1) is 10.1.